The van der Waals surface area contributed by atoms with Crippen molar-refractivity contribution < 1.29 is 4.74 Å². The number of benzene rings is 1. The van der Waals surface area contributed by atoms with Crippen LogP contribution in [0.3, 0.4) is 0 Å². The van der Waals surface area contributed by atoms with Gasteiger partial charge in [0.05, 0.1) is 7.11 Å². The Bertz CT molecular complexity index is 419. The molecule has 2 nitrogen and oxygen atoms in total. The molecule has 0 aliphatic heterocycles. The zero-order valence-corrected chi connectivity index (χ0v) is 11.3. The number of aryl methyl sites for hydroxylation is 1. The van der Waals surface area contributed by atoms with Gasteiger partial charge in [-0.1, -0.05) is 26.0 Å². The van der Waals surface area contributed by atoms with Gasteiger partial charge in [-0.2, -0.15) is 0 Å². The molecule has 0 aromatic heterocycles. The molecule has 1 aliphatic rings. The fraction of sp³-hybridized carbons (Fsp3) is 0.600. The van der Waals surface area contributed by atoms with Crippen LogP contribution in [0.15, 0.2) is 12.1 Å². The van der Waals surface area contributed by atoms with Crippen LogP contribution in [0.4, 0.5) is 0 Å². The van der Waals surface area contributed by atoms with Crippen LogP contribution in [0, 0.1) is 6.92 Å². The molecule has 0 unspecified atom stereocenters. The van der Waals surface area contributed by atoms with Crippen LogP contribution in [-0.4, -0.2) is 7.11 Å². The van der Waals surface area contributed by atoms with Gasteiger partial charge in [0.25, 0.3) is 0 Å². The van der Waals surface area contributed by atoms with Crippen molar-refractivity contribution in [3.63, 3.8) is 0 Å². The number of nitrogens with two attached hydrogens (primary N) is 1. The molecule has 1 fully saturated rings. The smallest absolute Gasteiger partial charge is 0.127 e. The zero-order chi connectivity index (χ0) is 12.6. The highest BCUT2D eigenvalue weighted by Crippen LogP contribution is 2.46. The molecular weight excluding hydrogens is 210 g/mol. The van der Waals surface area contributed by atoms with Gasteiger partial charge < -0.3 is 10.5 Å². The Morgan fingerprint density at radius 2 is 1.94 bits per heavy atom. The molecule has 17 heavy (non-hydrogen) atoms. The summed E-state index contributed by atoms with van der Waals surface area (Å²) in [5.74, 6) is 1.48. The Labute approximate surface area is 104 Å². The summed E-state index contributed by atoms with van der Waals surface area (Å²) in [6, 6.07) is 4.35. The summed E-state index contributed by atoms with van der Waals surface area (Å²) in [4.78, 5) is 0. The Balaban J connectivity index is 2.59. The average Bonchev–Trinajstić information content (AvgIpc) is 2.24. The zero-order valence-electron chi connectivity index (χ0n) is 11.3. The van der Waals surface area contributed by atoms with Gasteiger partial charge in [-0.15, -0.1) is 0 Å². The van der Waals surface area contributed by atoms with Crippen molar-refractivity contribution in [2.24, 2.45) is 5.73 Å². The minimum atomic E-state index is -0.152. The Morgan fingerprint density at radius 3 is 2.35 bits per heavy atom. The summed E-state index contributed by atoms with van der Waals surface area (Å²) in [7, 11) is 1.76. The first-order valence-corrected chi connectivity index (χ1v) is 6.46. The van der Waals surface area contributed by atoms with Gasteiger partial charge in [0.15, 0.2) is 0 Å². The maximum Gasteiger partial charge on any atom is 0.127 e. The van der Waals surface area contributed by atoms with E-state index in [0.29, 0.717) is 5.92 Å². The molecule has 0 atom stereocenters. The summed E-state index contributed by atoms with van der Waals surface area (Å²) in [6.07, 6.45) is 3.38. The lowest BCUT2D eigenvalue weighted by atomic mass is 9.70. The molecule has 0 heterocycles. The van der Waals surface area contributed by atoms with Crippen molar-refractivity contribution in [1.29, 1.82) is 0 Å². The van der Waals surface area contributed by atoms with E-state index < -0.39 is 0 Å². The van der Waals surface area contributed by atoms with E-state index in [-0.39, 0.29) is 5.54 Å². The van der Waals surface area contributed by atoms with Crippen LogP contribution in [0.5, 0.6) is 5.75 Å². The Kier molecular flexibility index (Phi) is 3.17. The van der Waals surface area contributed by atoms with E-state index in [2.05, 4.69) is 32.9 Å². The highest BCUT2D eigenvalue weighted by Gasteiger charge is 2.38. The van der Waals surface area contributed by atoms with Crippen LogP contribution in [0.2, 0.25) is 0 Å². The third-order valence-electron chi connectivity index (χ3n) is 3.97. The van der Waals surface area contributed by atoms with Gasteiger partial charge >= 0.3 is 0 Å². The van der Waals surface area contributed by atoms with E-state index in [1.54, 1.807) is 7.11 Å². The quantitative estimate of drug-likeness (QED) is 0.867. The van der Waals surface area contributed by atoms with Crippen molar-refractivity contribution in [2.45, 2.75) is 51.5 Å². The van der Waals surface area contributed by atoms with Gasteiger partial charge in [-0.3, -0.25) is 0 Å². The topological polar surface area (TPSA) is 35.2 Å². The van der Waals surface area contributed by atoms with E-state index in [1.807, 2.05) is 0 Å². The molecular formula is C15H23NO. The second-order valence-corrected chi connectivity index (χ2v) is 5.54. The fourth-order valence-corrected chi connectivity index (χ4v) is 2.80. The Hall–Kier alpha value is -1.02. The molecule has 2 rings (SSSR count). The van der Waals surface area contributed by atoms with E-state index in [1.165, 1.54) is 23.1 Å². The number of ether oxygens (including phenoxy) is 1. The third-order valence-corrected chi connectivity index (χ3v) is 3.97. The van der Waals surface area contributed by atoms with Crippen LogP contribution < -0.4 is 10.5 Å². The van der Waals surface area contributed by atoms with Crippen LogP contribution in [0.1, 0.15) is 55.7 Å². The molecule has 1 aromatic rings. The van der Waals surface area contributed by atoms with Crippen molar-refractivity contribution in [3.05, 3.63) is 28.8 Å². The second-order valence-electron chi connectivity index (χ2n) is 5.54. The third kappa shape index (κ3) is 1.95. The van der Waals surface area contributed by atoms with Crippen molar-refractivity contribution in [3.8, 4) is 5.75 Å². The number of hydrogen-bond acceptors (Lipinski definition) is 2. The Morgan fingerprint density at radius 1 is 1.29 bits per heavy atom. The van der Waals surface area contributed by atoms with E-state index >= 15 is 0 Å². The highest BCUT2D eigenvalue weighted by atomic mass is 16.5. The standard InChI is InChI=1S/C15H23NO/c1-10(2)12-7-6-11(3)13(14(12)17-4)15(16)8-5-9-15/h6-7,10H,5,8-9,16H2,1-4H3. The SMILES string of the molecule is COc1c(C(C)C)ccc(C)c1C1(N)CCC1. The molecule has 1 saturated carbocycles. The molecule has 0 bridgehead atoms. The summed E-state index contributed by atoms with van der Waals surface area (Å²) >= 11 is 0. The molecule has 1 aromatic carbocycles. The second kappa shape index (κ2) is 4.34. The minimum absolute atomic E-state index is 0.152. The number of methoxy groups -OCH3 is 1. The lowest BCUT2D eigenvalue weighted by Crippen LogP contribution is -2.44. The normalized spacial score (nSPS) is 18.0. The van der Waals surface area contributed by atoms with E-state index in [4.69, 9.17) is 10.5 Å². The van der Waals surface area contributed by atoms with Crippen molar-refractivity contribution >= 4 is 0 Å². The van der Waals surface area contributed by atoms with Crippen LogP contribution in [-0.2, 0) is 5.54 Å². The predicted molar refractivity (Wildman–Crippen MR) is 71.5 cm³/mol. The highest BCUT2D eigenvalue weighted by molar-refractivity contribution is 5.51. The molecule has 2 N–H and O–H groups in total. The maximum absolute atomic E-state index is 6.49. The first-order chi connectivity index (χ1) is 7.99. The average molecular weight is 233 g/mol. The van der Waals surface area contributed by atoms with Gasteiger partial charge in [0.1, 0.15) is 5.75 Å². The molecule has 0 spiro atoms. The van der Waals surface area contributed by atoms with Gasteiger partial charge in [-0.05, 0) is 43.2 Å². The molecule has 1 aliphatic carbocycles. The lowest BCUT2D eigenvalue weighted by molar-refractivity contribution is 0.242. The monoisotopic (exact) mass is 233 g/mol. The largest absolute Gasteiger partial charge is 0.496 e. The van der Waals surface area contributed by atoms with Crippen LogP contribution in [0.25, 0.3) is 0 Å². The molecule has 0 saturated heterocycles. The number of hydrogen-bond donors (Lipinski definition) is 1. The lowest BCUT2D eigenvalue weighted by Gasteiger charge is -2.41. The summed E-state index contributed by atoms with van der Waals surface area (Å²) in [6.45, 7) is 6.52. The summed E-state index contributed by atoms with van der Waals surface area (Å²) in [5.41, 5.74) is 10.1. The fourth-order valence-electron chi connectivity index (χ4n) is 2.80. The molecule has 0 radical (unpaired) electrons. The van der Waals surface area contributed by atoms with Gasteiger partial charge in [0, 0.05) is 11.1 Å². The summed E-state index contributed by atoms with van der Waals surface area (Å²) in [5, 5.41) is 0. The molecule has 0 amide bonds. The van der Waals surface area contributed by atoms with E-state index in [9.17, 15) is 0 Å². The first kappa shape index (κ1) is 12.4. The first-order valence-electron chi connectivity index (χ1n) is 6.46. The van der Waals surface area contributed by atoms with Gasteiger partial charge in [-0.25, -0.2) is 0 Å². The number of rotatable bonds is 3. The molecule has 2 heteroatoms. The van der Waals surface area contributed by atoms with Crippen molar-refractivity contribution in [1.82, 2.24) is 0 Å². The summed E-state index contributed by atoms with van der Waals surface area (Å²) < 4.78 is 5.66. The van der Waals surface area contributed by atoms with Gasteiger partial charge in [0.2, 0.25) is 0 Å². The maximum atomic E-state index is 6.49. The predicted octanol–water partition coefficient (Wildman–Crippen LogP) is 3.46. The minimum Gasteiger partial charge on any atom is -0.496 e. The molecule has 94 valence electrons. The van der Waals surface area contributed by atoms with Crippen molar-refractivity contribution in [2.75, 3.05) is 7.11 Å². The van der Waals surface area contributed by atoms with E-state index in [0.717, 1.165) is 18.6 Å². The van der Waals surface area contributed by atoms with Crippen LogP contribution >= 0.6 is 0 Å².